The van der Waals surface area contributed by atoms with E-state index in [0.717, 1.165) is 8.04 Å². The zero-order chi connectivity index (χ0) is 15.1. The number of halogens is 2. The molecule has 0 bridgehead atoms. The van der Waals surface area contributed by atoms with E-state index in [9.17, 15) is 9.59 Å². The first-order valence-electron chi connectivity index (χ1n) is 5.93. The summed E-state index contributed by atoms with van der Waals surface area (Å²) in [5, 5.41) is 11.7. The van der Waals surface area contributed by atoms with Crippen LogP contribution in [0.2, 0.25) is 0 Å². The van der Waals surface area contributed by atoms with Crippen LogP contribution in [0, 0.1) is 3.57 Å². The van der Waals surface area contributed by atoms with Gasteiger partial charge in [0, 0.05) is 21.8 Å². The number of hydrogen-bond acceptors (Lipinski definition) is 3. The maximum Gasteiger partial charge on any atom is 0.326 e. The van der Waals surface area contributed by atoms with Gasteiger partial charge in [-0.3, -0.25) is 4.79 Å². The van der Waals surface area contributed by atoms with Gasteiger partial charge in [0.2, 0.25) is 0 Å². The molecule has 2 N–H and O–H groups in total. The molecule has 0 fully saturated rings. The molecule has 110 valence electrons. The number of carbonyl (C=O) groups excluding carboxylic acids is 1. The lowest BCUT2D eigenvalue weighted by molar-refractivity contribution is -0.139. The number of methoxy groups -OCH3 is 1. The number of carboxylic acid groups (broad SMARTS) is 1. The molecule has 1 aromatic carbocycles. The van der Waals surface area contributed by atoms with Crippen LogP contribution in [0.5, 0.6) is 0 Å². The molecule has 0 heterocycles. The monoisotopic (exact) mass is 455 g/mol. The van der Waals surface area contributed by atoms with E-state index in [2.05, 4.69) is 21.2 Å². The van der Waals surface area contributed by atoms with Crippen LogP contribution in [0.3, 0.4) is 0 Å². The Bertz CT molecular complexity index is 495. The lowest BCUT2D eigenvalue weighted by Crippen LogP contribution is -2.41. The maximum absolute atomic E-state index is 12.1. The summed E-state index contributed by atoms with van der Waals surface area (Å²) in [7, 11) is 1.55. The number of ether oxygens (including phenoxy) is 1. The van der Waals surface area contributed by atoms with Crippen LogP contribution in [0.4, 0.5) is 0 Å². The van der Waals surface area contributed by atoms with Gasteiger partial charge in [-0.1, -0.05) is 15.9 Å². The first kappa shape index (κ1) is 17.4. The normalized spacial score (nSPS) is 11.9. The summed E-state index contributed by atoms with van der Waals surface area (Å²) in [6.07, 6.45) is 0.906. The van der Waals surface area contributed by atoms with Gasteiger partial charge in [0.05, 0.1) is 5.56 Å². The third kappa shape index (κ3) is 5.37. The highest BCUT2D eigenvalue weighted by Crippen LogP contribution is 2.18. The number of hydrogen-bond donors (Lipinski definition) is 2. The van der Waals surface area contributed by atoms with Crippen LogP contribution in [-0.4, -0.2) is 36.7 Å². The topological polar surface area (TPSA) is 75.6 Å². The lowest BCUT2D eigenvalue weighted by atomic mass is 10.1. The second-order valence-electron chi connectivity index (χ2n) is 4.12. The molecular formula is C13H15BrINO4. The number of nitrogens with one attached hydrogen (secondary N) is 1. The second-order valence-corrected chi connectivity index (χ2v) is 6.20. The fourth-order valence-electron chi connectivity index (χ4n) is 1.60. The van der Waals surface area contributed by atoms with E-state index < -0.39 is 12.0 Å². The van der Waals surface area contributed by atoms with Gasteiger partial charge < -0.3 is 15.2 Å². The highest BCUT2D eigenvalue weighted by atomic mass is 127. The van der Waals surface area contributed by atoms with E-state index in [0.29, 0.717) is 25.0 Å². The van der Waals surface area contributed by atoms with Gasteiger partial charge in [0.1, 0.15) is 6.04 Å². The molecule has 0 saturated carbocycles. The van der Waals surface area contributed by atoms with Crippen molar-refractivity contribution in [3.05, 3.63) is 31.8 Å². The summed E-state index contributed by atoms with van der Waals surface area (Å²) in [5.41, 5.74) is 0.456. The smallest absolute Gasteiger partial charge is 0.326 e. The Kier molecular flexibility index (Phi) is 7.46. The molecule has 0 aliphatic carbocycles. The van der Waals surface area contributed by atoms with Crippen LogP contribution < -0.4 is 5.32 Å². The molecule has 0 aliphatic heterocycles. The number of carboxylic acids is 1. The van der Waals surface area contributed by atoms with Gasteiger partial charge in [-0.05, 0) is 53.6 Å². The quantitative estimate of drug-likeness (QED) is 0.489. The number of amides is 1. The van der Waals surface area contributed by atoms with Crippen molar-refractivity contribution < 1.29 is 19.4 Å². The van der Waals surface area contributed by atoms with Crippen LogP contribution in [0.25, 0.3) is 0 Å². The van der Waals surface area contributed by atoms with Crippen molar-refractivity contribution in [1.82, 2.24) is 5.32 Å². The molecule has 0 aromatic heterocycles. The van der Waals surface area contributed by atoms with Crippen LogP contribution in [0.1, 0.15) is 23.2 Å². The zero-order valence-electron chi connectivity index (χ0n) is 10.9. The predicted octanol–water partition coefficient (Wildman–Crippen LogP) is 2.66. The van der Waals surface area contributed by atoms with Crippen LogP contribution in [0.15, 0.2) is 22.7 Å². The Hall–Kier alpha value is -0.670. The molecule has 1 rings (SSSR count). The summed E-state index contributed by atoms with van der Waals surface area (Å²) in [6.45, 7) is 0.466. The lowest BCUT2D eigenvalue weighted by Gasteiger charge is -2.15. The predicted molar refractivity (Wildman–Crippen MR) is 86.9 cm³/mol. The first-order chi connectivity index (χ1) is 9.45. The van der Waals surface area contributed by atoms with Gasteiger partial charge >= 0.3 is 5.97 Å². The minimum absolute atomic E-state index is 0.333. The fraction of sp³-hybridized carbons (Fsp3) is 0.385. The Balaban J connectivity index is 2.75. The molecule has 20 heavy (non-hydrogen) atoms. The largest absolute Gasteiger partial charge is 0.480 e. The van der Waals surface area contributed by atoms with Gasteiger partial charge in [-0.2, -0.15) is 0 Å². The molecule has 0 spiro atoms. The Morgan fingerprint density at radius 3 is 2.80 bits per heavy atom. The van der Waals surface area contributed by atoms with Gasteiger partial charge in [0.25, 0.3) is 5.91 Å². The summed E-state index contributed by atoms with van der Waals surface area (Å²) < 4.78 is 6.42. The number of aliphatic carboxylic acids is 1. The average Bonchev–Trinajstić information content (AvgIpc) is 2.40. The van der Waals surface area contributed by atoms with Crippen molar-refractivity contribution in [3.63, 3.8) is 0 Å². The summed E-state index contributed by atoms with van der Waals surface area (Å²) in [6, 6.07) is 4.38. The van der Waals surface area contributed by atoms with Crippen LogP contribution in [-0.2, 0) is 9.53 Å². The first-order valence-corrected chi connectivity index (χ1v) is 7.80. The molecule has 1 unspecified atom stereocenters. The molecule has 5 nitrogen and oxygen atoms in total. The minimum Gasteiger partial charge on any atom is -0.480 e. The Morgan fingerprint density at radius 2 is 2.20 bits per heavy atom. The van der Waals surface area contributed by atoms with Crippen molar-refractivity contribution in [3.8, 4) is 0 Å². The molecule has 1 atom stereocenters. The second kappa shape index (κ2) is 8.58. The SMILES string of the molecule is COCCCC(NC(=O)c1cc(Br)ccc1I)C(=O)O. The van der Waals surface area contributed by atoms with Gasteiger partial charge in [0.15, 0.2) is 0 Å². The average molecular weight is 456 g/mol. The van der Waals surface area contributed by atoms with Crippen molar-refractivity contribution in [2.24, 2.45) is 0 Å². The minimum atomic E-state index is -1.04. The molecule has 0 aliphatic rings. The number of rotatable bonds is 7. The van der Waals surface area contributed by atoms with E-state index in [1.54, 1.807) is 19.2 Å². The molecule has 0 radical (unpaired) electrons. The maximum atomic E-state index is 12.1. The standard InChI is InChI=1S/C13H15BrINO4/c1-20-6-2-3-11(13(18)19)16-12(17)9-7-8(14)4-5-10(9)15/h4-5,7,11H,2-3,6H2,1H3,(H,16,17)(H,18,19). The molecular weight excluding hydrogens is 441 g/mol. The van der Waals surface area contributed by atoms with E-state index in [1.165, 1.54) is 0 Å². The van der Waals surface area contributed by atoms with Crippen molar-refractivity contribution in [2.75, 3.05) is 13.7 Å². The summed E-state index contributed by atoms with van der Waals surface area (Å²) in [4.78, 5) is 23.3. The third-order valence-corrected chi connectivity index (χ3v) is 4.05. The summed E-state index contributed by atoms with van der Waals surface area (Å²) >= 11 is 5.34. The van der Waals surface area contributed by atoms with E-state index in [-0.39, 0.29) is 5.91 Å². The zero-order valence-corrected chi connectivity index (χ0v) is 14.6. The van der Waals surface area contributed by atoms with E-state index in [1.807, 2.05) is 28.7 Å². The highest BCUT2D eigenvalue weighted by molar-refractivity contribution is 14.1. The molecule has 1 aromatic rings. The highest BCUT2D eigenvalue weighted by Gasteiger charge is 2.21. The van der Waals surface area contributed by atoms with Crippen LogP contribution >= 0.6 is 38.5 Å². The number of carbonyl (C=O) groups is 2. The van der Waals surface area contributed by atoms with E-state index >= 15 is 0 Å². The van der Waals surface area contributed by atoms with Crippen molar-refractivity contribution >= 4 is 50.4 Å². The number of benzene rings is 1. The molecule has 1 amide bonds. The molecule has 0 saturated heterocycles. The Morgan fingerprint density at radius 1 is 1.50 bits per heavy atom. The van der Waals surface area contributed by atoms with E-state index in [4.69, 9.17) is 9.84 Å². The fourth-order valence-corrected chi connectivity index (χ4v) is 2.54. The summed E-state index contributed by atoms with van der Waals surface area (Å²) in [5.74, 6) is -1.43. The van der Waals surface area contributed by atoms with Gasteiger partial charge in [-0.15, -0.1) is 0 Å². The molecule has 7 heteroatoms. The third-order valence-electron chi connectivity index (χ3n) is 2.62. The van der Waals surface area contributed by atoms with Gasteiger partial charge in [-0.25, -0.2) is 4.79 Å². The van der Waals surface area contributed by atoms with Crippen molar-refractivity contribution in [1.29, 1.82) is 0 Å². The Labute approximate surface area is 139 Å². The van der Waals surface area contributed by atoms with Crippen molar-refractivity contribution in [2.45, 2.75) is 18.9 Å².